The fourth-order valence-corrected chi connectivity index (χ4v) is 3.51. The highest BCUT2D eigenvalue weighted by Gasteiger charge is 2.31. The largest absolute Gasteiger partial charge is 0.416 e. The molecule has 0 atom stereocenters. The summed E-state index contributed by atoms with van der Waals surface area (Å²) in [4.78, 5) is 17.7. The maximum Gasteiger partial charge on any atom is 0.416 e. The van der Waals surface area contributed by atoms with Crippen LogP contribution in [0.3, 0.4) is 0 Å². The maximum absolute atomic E-state index is 12.7. The summed E-state index contributed by atoms with van der Waals surface area (Å²) in [5.74, 6) is 0.0520. The van der Waals surface area contributed by atoms with Crippen molar-refractivity contribution in [2.24, 2.45) is 0 Å². The van der Waals surface area contributed by atoms with Crippen LogP contribution in [-0.2, 0) is 21.0 Å². The smallest absolute Gasteiger partial charge is 0.357 e. The van der Waals surface area contributed by atoms with Crippen LogP contribution >= 0.6 is 0 Å². The standard InChI is InChI=1S/C18H21F3N4O3S/c1-3-25(4-2)16-9-8-14(11-22-16)24-17(26)12-23-29(27,28)15-7-5-6-13(10-15)18(19,20)21/h5-11,23H,3-4,12H2,1-2H3,(H,24,26). The summed E-state index contributed by atoms with van der Waals surface area (Å²) < 4.78 is 64.6. The van der Waals surface area contributed by atoms with Crippen LogP contribution in [0.25, 0.3) is 0 Å². The minimum atomic E-state index is -4.67. The molecule has 2 aromatic rings. The molecule has 0 bridgehead atoms. The normalized spacial score (nSPS) is 11.9. The number of sulfonamides is 1. The second-order valence-electron chi connectivity index (χ2n) is 5.98. The van der Waals surface area contributed by atoms with E-state index < -0.39 is 39.1 Å². The SMILES string of the molecule is CCN(CC)c1ccc(NC(=O)CNS(=O)(=O)c2cccc(C(F)(F)F)c2)cn1. The molecule has 1 heterocycles. The lowest BCUT2D eigenvalue weighted by Gasteiger charge is -2.19. The van der Waals surface area contributed by atoms with E-state index in [1.54, 1.807) is 12.1 Å². The van der Waals surface area contributed by atoms with Crippen molar-refractivity contribution in [1.29, 1.82) is 0 Å². The van der Waals surface area contributed by atoms with Crippen LogP contribution in [0.5, 0.6) is 0 Å². The molecule has 1 aromatic heterocycles. The third-order valence-corrected chi connectivity index (χ3v) is 5.41. The van der Waals surface area contributed by atoms with Gasteiger partial charge >= 0.3 is 6.18 Å². The van der Waals surface area contributed by atoms with Gasteiger partial charge in [-0.2, -0.15) is 13.2 Å². The van der Waals surface area contributed by atoms with Crippen LogP contribution in [0.4, 0.5) is 24.7 Å². The summed E-state index contributed by atoms with van der Waals surface area (Å²) in [5, 5.41) is 2.48. The lowest BCUT2D eigenvalue weighted by molar-refractivity contribution is -0.137. The number of hydrogen-bond donors (Lipinski definition) is 2. The minimum absolute atomic E-state index is 0.365. The monoisotopic (exact) mass is 430 g/mol. The summed E-state index contributed by atoms with van der Waals surface area (Å²) in [5.41, 5.74) is -0.728. The van der Waals surface area contributed by atoms with Crippen LogP contribution in [0.1, 0.15) is 19.4 Å². The van der Waals surface area contributed by atoms with Crippen LogP contribution in [0.15, 0.2) is 47.5 Å². The van der Waals surface area contributed by atoms with Gasteiger partial charge in [0.05, 0.1) is 28.9 Å². The first-order valence-corrected chi connectivity index (χ1v) is 10.2. The Hall–Kier alpha value is -2.66. The van der Waals surface area contributed by atoms with E-state index in [4.69, 9.17) is 0 Å². The number of pyridine rings is 1. The zero-order valence-electron chi connectivity index (χ0n) is 15.8. The molecule has 158 valence electrons. The Bertz CT molecular complexity index is 944. The number of amides is 1. The molecule has 1 amide bonds. The molecule has 1 aromatic carbocycles. The first-order chi connectivity index (χ1) is 13.6. The molecular weight excluding hydrogens is 409 g/mol. The average Bonchev–Trinajstić information content (AvgIpc) is 2.68. The van der Waals surface area contributed by atoms with Crippen molar-refractivity contribution in [2.75, 3.05) is 29.9 Å². The lowest BCUT2D eigenvalue weighted by Crippen LogP contribution is -2.33. The molecule has 0 spiro atoms. The number of halogens is 3. The Morgan fingerprint density at radius 3 is 2.38 bits per heavy atom. The van der Waals surface area contributed by atoms with E-state index >= 15 is 0 Å². The summed E-state index contributed by atoms with van der Waals surface area (Å²) >= 11 is 0. The number of rotatable bonds is 8. The predicted octanol–water partition coefficient (Wildman–Crippen LogP) is 2.86. The van der Waals surface area contributed by atoms with Crippen LogP contribution in [0.2, 0.25) is 0 Å². The average molecular weight is 430 g/mol. The quantitative estimate of drug-likeness (QED) is 0.672. The van der Waals surface area contributed by atoms with Gasteiger partial charge in [0.2, 0.25) is 15.9 Å². The summed E-state index contributed by atoms with van der Waals surface area (Å²) in [7, 11) is -4.29. The van der Waals surface area contributed by atoms with E-state index in [2.05, 4.69) is 10.3 Å². The van der Waals surface area contributed by atoms with Gasteiger partial charge in [0.1, 0.15) is 5.82 Å². The number of carbonyl (C=O) groups is 1. The zero-order valence-corrected chi connectivity index (χ0v) is 16.6. The van der Waals surface area contributed by atoms with Crippen molar-refractivity contribution in [3.63, 3.8) is 0 Å². The Labute approximate surface area is 167 Å². The Morgan fingerprint density at radius 1 is 1.14 bits per heavy atom. The number of anilines is 2. The van der Waals surface area contributed by atoms with E-state index in [0.717, 1.165) is 37.1 Å². The van der Waals surface area contributed by atoms with Crippen molar-refractivity contribution in [3.05, 3.63) is 48.2 Å². The summed E-state index contributed by atoms with van der Waals surface area (Å²) in [6.07, 6.45) is -3.24. The van der Waals surface area contributed by atoms with E-state index in [1.807, 2.05) is 23.5 Å². The molecule has 0 unspecified atom stereocenters. The highest BCUT2D eigenvalue weighted by atomic mass is 32.2. The lowest BCUT2D eigenvalue weighted by atomic mass is 10.2. The van der Waals surface area contributed by atoms with Gasteiger partial charge in [-0.15, -0.1) is 0 Å². The number of alkyl halides is 3. The molecular formula is C18H21F3N4O3S. The summed E-state index contributed by atoms with van der Waals surface area (Å²) in [6.45, 7) is 4.87. The molecule has 7 nitrogen and oxygen atoms in total. The first-order valence-electron chi connectivity index (χ1n) is 8.74. The molecule has 29 heavy (non-hydrogen) atoms. The van der Waals surface area contributed by atoms with E-state index in [1.165, 1.54) is 6.20 Å². The maximum atomic E-state index is 12.7. The molecule has 2 N–H and O–H groups in total. The third-order valence-electron chi connectivity index (χ3n) is 4.01. The van der Waals surface area contributed by atoms with E-state index in [9.17, 15) is 26.4 Å². The van der Waals surface area contributed by atoms with Crippen molar-refractivity contribution in [3.8, 4) is 0 Å². The fourth-order valence-electron chi connectivity index (χ4n) is 2.48. The Kier molecular flexibility index (Phi) is 7.20. The van der Waals surface area contributed by atoms with Crippen LogP contribution in [-0.4, -0.2) is 38.9 Å². The van der Waals surface area contributed by atoms with Crippen molar-refractivity contribution >= 4 is 27.4 Å². The van der Waals surface area contributed by atoms with Gasteiger partial charge < -0.3 is 10.2 Å². The van der Waals surface area contributed by atoms with Gasteiger partial charge in [-0.1, -0.05) is 6.07 Å². The highest BCUT2D eigenvalue weighted by molar-refractivity contribution is 7.89. The number of nitrogens with zero attached hydrogens (tertiary/aromatic N) is 2. The van der Waals surface area contributed by atoms with Crippen molar-refractivity contribution < 1.29 is 26.4 Å². The number of aromatic nitrogens is 1. The molecule has 0 saturated carbocycles. The van der Waals surface area contributed by atoms with Crippen LogP contribution in [0, 0.1) is 0 Å². The minimum Gasteiger partial charge on any atom is -0.357 e. The summed E-state index contributed by atoms with van der Waals surface area (Å²) in [6, 6.07) is 6.62. The third kappa shape index (κ3) is 6.16. The number of carbonyl (C=O) groups excluding carboxylic acids is 1. The van der Waals surface area contributed by atoms with Gasteiger partial charge in [0.25, 0.3) is 0 Å². The second kappa shape index (κ2) is 9.23. The van der Waals surface area contributed by atoms with Gasteiger partial charge in [-0.05, 0) is 44.2 Å². The molecule has 0 aliphatic heterocycles. The fraction of sp³-hybridized carbons (Fsp3) is 0.333. The number of hydrogen-bond acceptors (Lipinski definition) is 5. The highest BCUT2D eigenvalue weighted by Crippen LogP contribution is 2.30. The molecule has 0 aliphatic carbocycles. The molecule has 11 heteroatoms. The Morgan fingerprint density at radius 2 is 1.83 bits per heavy atom. The van der Waals surface area contributed by atoms with Gasteiger partial charge in [0, 0.05) is 13.1 Å². The van der Waals surface area contributed by atoms with Crippen LogP contribution < -0.4 is 14.9 Å². The number of benzene rings is 1. The molecule has 0 fully saturated rings. The predicted molar refractivity (Wildman–Crippen MR) is 103 cm³/mol. The van der Waals surface area contributed by atoms with E-state index in [-0.39, 0.29) is 0 Å². The molecule has 0 radical (unpaired) electrons. The topological polar surface area (TPSA) is 91.4 Å². The van der Waals surface area contributed by atoms with Gasteiger partial charge in [-0.25, -0.2) is 18.1 Å². The second-order valence-corrected chi connectivity index (χ2v) is 7.74. The van der Waals surface area contributed by atoms with Crippen molar-refractivity contribution in [1.82, 2.24) is 9.71 Å². The first kappa shape index (κ1) is 22.6. The molecule has 0 aliphatic rings. The van der Waals surface area contributed by atoms with Gasteiger partial charge in [0.15, 0.2) is 0 Å². The Balaban J connectivity index is 2.00. The number of nitrogens with one attached hydrogen (secondary N) is 2. The molecule has 0 saturated heterocycles. The van der Waals surface area contributed by atoms with Gasteiger partial charge in [-0.3, -0.25) is 4.79 Å². The van der Waals surface area contributed by atoms with E-state index in [0.29, 0.717) is 11.8 Å². The zero-order chi connectivity index (χ0) is 21.7. The van der Waals surface area contributed by atoms with Crippen molar-refractivity contribution in [2.45, 2.75) is 24.9 Å². The molecule has 2 rings (SSSR count).